The Bertz CT molecular complexity index is 189. The molecule has 0 aromatic rings. The number of rotatable bonds is 5. The molecule has 0 aromatic heterocycles. The molecule has 0 amide bonds. The van der Waals surface area contributed by atoms with Crippen molar-refractivity contribution in [3.05, 3.63) is 0 Å². The molecule has 1 rings (SSSR count). The third-order valence-electron chi connectivity index (χ3n) is 2.59. The molecule has 1 N–H and O–H groups in total. The van der Waals surface area contributed by atoms with Crippen LogP contribution < -0.4 is 0 Å². The van der Waals surface area contributed by atoms with Crippen LogP contribution in [0, 0.1) is 0 Å². The lowest BCUT2D eigenvalue weighted by atomic mass is 10.1. The van der Waals surface area contributed by atoms with Crippen molar-refractivity contribution in [2.75, 3.05) is 0 Å². The molecule has 1 aliphatic heterocycles. The van der Waals surface area contributed by atoms with Gasteiger partial charge in [-0.05, 0) is 33.1 Å². The van der Waals surface area contributed by atoms with Crippen LogP contribution in [0.15, 0.2) is 0 Å². The summed E-state index contributed by atoms with van der Waals surface area (Å²) in [4.78, 5) is 11.3. The first-order valence-electron chi connectivity index (χ1n) is 5.43. The Balaban J connectivity index is 2.11. The number of carbonyl (C=O) groups excluding carboxylic acids is 1. The van der Waals surface area contributed by atoms with Crippen molar-refractivity contribution in [3.8, 4) is 0 Å². The molecule has 1 saturated heterocycles. The molecule has 3 atom stereocenters. The SMILES string of the molecule is CC(O)CC(=O)CCC1CCC(C)O1. The summed E-state index contributed by atoms with van der Waals surface area (Å²) >= 11 is 0. The summed E-state index contributed by atoms with van der Waals surface area (Å²) < 4.78 is 5.60. The van der Waals surface area contributed by atoms with E-state index >= 15 is 0 Å². The Morgan fingerprint density at radius 2 is 2.29 bits per heavy atom. The van der Waals surface area contributed by atoms with Crippen LogP contribution in [-0.2, 0) is 9.53 Å². The topological polar surface area (TPSA) is 46.5 Å². The quantitative estimate of drug-likeness (QED) is 0.734. The number of aliphatic hydroxyl groups is 1. The molecular formula is C11H20O3. The van der Waals surface area contributed by atoms with E-state index < -0.39 is 6.10 Å². The largest absolute Gasteiger partial charge is 0.393 e. The van der Waals surface area contributed by atoms with Gasteiger partial charge in [0, 0.05) is 12.8 Å². The van der Waals surface area contributed by atoms with Crippen molar-refractivity contribution in [2.24, 2.45) is 0 Å². The third kappa shape index (κ3) is 4.20. The van der Waals surface area contributed by atoms with Gasteiger partial charge in [-0.2, -0.15) is 0 Å². The average Bonchev–Trinajstić information content (AvgIpc) is 2.47. The standard InChI is InChI=1S/C11H20O3/c1-8(12)7-10(13)4-6-11-5-3-9(2)14-11/h8-9,11-12H,3-7H2,1-2H3. The van der Waals surface area contributed by atoms with E-state index in [4.69, 9.17) is 9.84 Å². The van der Waals surface area contributed by atoms with Gasteiger partial charge in [0.05, 0.1) is 18.3 Å². The van der Waals surface area contributed by atoms with E-state index in [-0.39, 0.29) is 18.3 Å². The van der Waals surface area contributed by atoms with Gasteiger partial charge >= 0.3 is 0 Å². The number of hydrogen-bond acceptors (Lipinski definition) is 3. The lowest BCUT2D eigenvalue weighted by Gasteiger charge is -2.10. The summed E-state index contributed by atoms with van der Waals surface area (Å²) in [6, 6.07) is 0. The number of hydrogen-bond donors (Lipinski definition) is 1. The van der Waals surface area contributed by atoms with Gasteiger partial charge in [-0.3, -0.25) is 4.79 Å². The van der Waals surface area contributed by atoms with E-state index in [0.29, 0.717) is 12.5 Å². The minimum absolute atomic E-state index is 0.142. The van der Waals surface area contributed by atoms with Crippen molar-refractivity contribution in [1.82, 2.24) is 0 Å². The number of ether oxygens (including phenoxy) is 1. The van der Waals surface area contributed by atoms with Gasteiger partial charge in [-0.25, -0.2) is 0 Å². The maximum atomic E-state index is 11.3. The molecule has 0 aliphatic carbocycles. The molecule has 1 fully saturated rings. The molecule has 3 nitrogen and oxygen atoms in total. The Labute approximate surface area is 85.5 Å². The molecule has 0 saturated carbocycles. The molecule has 14 heavy (non-hydrogen) atoms. The second kappa shape index (κ2) is 5.47. The Morgan fingerprint density at radius 3 is 2.79 bits per heavy atom. The van der Waals surface area contributed by atoms with E-state index in [9.17, 15) is 4.79 Å². The molecule has 0 radical (unpaired) electrons. The highest BCUT2D eigenvalue weighted by atomic mass is 16.5. The molecule has 3 unspecified atom stereocenters. The van der Waals surface area contributed by atoms with E-state index in [1.165, 1.54) is 0 Å². The fraction of sp³-hybridized carbons (Fsp3) is 0.909. The maximum absolute atomic E-state index is 11.3. The van der Waals surface area contributed by atoms with Gasteiger partial charge in [0.1, 0.15) is 5.78 Å². The summed E-state index contributed by atoms with van der Waals surface area (Å²) in [5.74, 6) is 0.142. The van der Waals surface area contributed by atoms with Crippen LogP contribution in [0.25, 0.3) is 0 Å². The Hall–Kier alpha value is -0.410. The zero-order valence-corrected chi connectivity index (χ0v) is 9.03. The van der Waals surface area contributed by atoms with Gasteiger partial charge in [-0.1, -0.05) is 0 Å². The number of aliphatic hydroxyl groups excluding tert-OH is 1. The highest BCUT2D eigenvalue weighted by molar-refractivity contribution is 5.78. The fourth-order valence-corrected chi connectivity index (χ4v) is 1.85. The summed E-state index contributed by atoms with van der Waals surface area (Å²) in [6.45, 7) is 3.71. The molecule has 0 aromatic carbocycles. The first kappa shape index (κ1) is 11.7. The molecule has 0 bridgehead atoms. The van der Waals surface area contributed by atoms with Crippen LogP contribution in [0.1, 0.15) is 46.0 Å². The van der Waals surface area contributed by atoms with Crippen molar-refractivity contribution >= 4 is 5.78 Å². The van der Waals surface area contributed by atoms with Gasteiger partial charge < -0.3 is 9.84 Å². The number of carbonyl (C=O) groups is 1. The summed E-state index contributed by atoms with van der Waals surface area (Å²) in [5.41, 5.74) is 0. The molecule has 3 heteroatoms. The molecule has 0 spiro atoms. The lowest BCUT2D eigenvalue weighted by molar-refractivity contribution is -0.121. The lowest BCUT2D eigenvalue weighted by Crippen LogP contribution is -2.13. The van der Waals surface area contributed by atoms with Gasteiger partial charge in [0.15, 0.2) is 0 Å². The number of ketones is 1. The first-order valence-corrected chi connectivity index (χ1v) is 5.43. The molecule has 1 heterocycles. The first-order chi connectivity index (χ1) is 6.58. The van der Waals surface area contributed by atoms with Gasteiger partial charge in [-0.15, -0.1) is 0 Å². The van der Waals surface area contributed by atoms with Crippen LogP contribution in [0.4, 0.5) is 0 Å². The predicted molar refractivity (Wildman–Crippen MR) is 54.1 cm³/mol. The molecule has 1 aliphatic rings. The third-order valence-corrected chi connectivity index (χ3v) is 2.59. The molecular weight excluding hydrogens is 180 g/mol. The zero-order chi connectivity index (χ0) is 10.6. The van der Waals surface area contributed by atoms with E-state index in [1.807, 2.05) is 0 Å². The molecule has 82 valence electrons. The summed E-state index contributed by atoms with van der Waals surface area (Å²) in [6.07, 6.45) is 3.93. The zero-order valence-electron chi connectivity index (χ0n) is 9.03. The predicted octanol–water partition coefficient (Wildman–Crippen LogP) is 1.67. The van der Waals surface area contributed by atoms with E-state index in [1.54, 1.807) is 6.92 Å². The smallest absolute Gasteiger partial charge is 0.135 e. The maximum Gasteiger partial charge on any atom is 0.135 e. The fourth-order valence-electron chi connectivity index (χ4n) is 1.85. The Kier molecular flexibility index (Phi) is 4.55. The minimum Gasteiger partial charge on any atom is -0.393 e. The van der Waals surface area contributed by atoms with Crippen LogP contribution in [0.2, 0.25) is 0 Å². The van der Waals surface area contributed by atoms with Crippen molar-refractivity contribution in [1.29, 1.82) is 0 Å². The average molecular weight is 200 g/mol. The highest BCUT2D eigenvalue weighted by Gasteiger charge is 2.22. The van der Waals surface area contributed by atoms with Crippen LogP contribution in [0.5, 0.6) is 0 Å². The van der Waals surface area contributed by atoms with Gasteiger partial charge in [0.2, 0.25) is 0 Å². The van der Waals surface area contributed by atoms with E-state index in [0.717, 1.165) is 19.3 Å². The minimum atomic E-state index is -0.508. The van der Waals surface area contributed by atoms with Crippen LogP contribution in [-0.4, -0.2) is 29.2 Å². The second-order valence-corrected chi connectivity index (χ2v) is 4.28. The van der Waals surface area contributed by atoms with E-state index in [2.05, 4.69) is 6.92 Å². The summed E-state index contributed by atoms with van der Waals surface area (Å²) in [5, 5.41) is 9.00. The van der Waals surface area contributed by atoms with Gasteiger partial charge in [0.25, 0.3) is 0 Å². The Morgan fingerprint density at radius 1 is 1.57 bits per heavy atom. The van der Waals surface area contributed by atoms with Crippen LogP contribution in [0.3, 0.4) is 0 Å². The highest BCUT2D eigenvalue weighted by Crippen LogP contribution is 2.22. The summed E-state index contributed by atoms with van der Waals surface area (Å²) in [7, 11) is 0. The van der Waals surface area contributed by atoms with Crippen molar-refractivity contribution in [3.63, 3.8) is 0 Å². The van der Waals surface area contributed by atoms with Crippen molar-refractivity contribution in [2.45, 2.75) is 64.3 Å². The second-order valence-electron chi connectivity index (χ2n) is 4.28. The van der Waals surface area contributed by atoms with Crippen LogP contribution >= 0.6 is 0 Å². The normalized spacial score (nSPS) is 29.1. The monoisotopic (exact) mass is 200 g/mol. The number of Topliss-reactive ketones (excluding diaryl/α,β-unsaturated/α-hetero) is 1. The van der Waals surface area contributed by atoms with Crippen molar-refractivity contribution < 1.29 is 14.6 Å².